The summed E-state index contributed by atoms with van der Waals surface area (Å²) in [5, 5.41) is 18.1. The predicted molar refractivity (Wildman–Crippen MR) is 66.6 cm³/mol. The molecule has 0 saturated carbocycles. The van der Waals surface area contributed by atoms with Gasteiger partial charge in [-0.25, -0.2) is 0 Å². The minimum Gasteiger partial charge on any atom is -0.481 e. The smallest absolute Gasteiger partial charge is 0.309 e. The van der Waals surface area contributed by atoms with Crippen molar-refractivity contribution in [2.45, 2.75) is 12.8 Å². The molecule has 1 fully saturated rings. The summed E-state index contributed by atoms with van der Waals surface area (Å²) < 4.78 is 0. The number of nitrogens with zero attached hydrogens (tertiary/aromatic N) is 2. The SMILES string of the molecule is CN(C)CCC(=O)N1CCC(C(=O)O)C(C(=O)O)C1. The summed E-state index contributed by atoms with van der Waals surface area (Å²) in [5.41, 5.74) is 0. The quantitative estimate of drug-likeness (QED) is 0.705. The Kier molecular flexibility index (Phi) is 5.29. The number of amides is 1. The fraction of sp³-hybridized carbons (Fsp3) is 0.750. The van der Waals surface area contributed by atoms with E-state index in [1.807, 2.05) is 19.0 Å². The van der Waals surface area contributed by atoms with Crippen LogP contribution in [0.2, 0.25) is 0 Å². The lowest BCUT2D eigenvalue weighted by Gasteiger charge is -2.34. The van der Waals surface area contributed by atoms with Crippen LogP contribution in [0.5, 0.6) is 0 Å². The van der Waals surface area contributed by atoms with E-state index in [9.17, 15) is 14.4 Å². The van der Waals surface area contributed by atoms with Gasteiger partial charge in [0.1, 0.15) is 0 Å². The number of piperidine rings is 1. The molecule has 1 aliphatic heterocycles. The summed E-state index contributed by atoms with van der Waals surface area (Å²) in [4.78, 5) is 37.3. The molecule has 1 rings (SSSR count). The molecule has 0 aromatic heterocycles. The molecule has 1 heterocycles. The highest BCUT2D eigenvalue weighted by Gasteiger charge is 2.39. The average Bonchev–Trinajstić information content (AvgIpc) is 2.34. The van der Waals surface area contributed by atoms with Gasteiger partial charge in [-0.2, -0.15) is 0 Å². The lowest BCUT2D eigenvalue weighted by molar-refractivity contribution is -0.159. The van der Waals surface area contributed by atoms with Crippen LogP contribution < -0.4 is 0 Å². The van der Waals surface area contributed by atoms with Crippen molar-refractivity contribution in [3.63, 3.8) is 0 Å². The van der Waals surface area contributed by atoms with E-state index in [0.29, 0.717) is 19.5 Å². The Morgan fingerprint density at radius 3 is 2.21 bits per heavy atom. The summed E-state index contributed by atoms with van der Waals surface area (Å²) in [6.07, 6.45) is 0.511. The Morgan fingerprint density at radius 2 is 1.74 bits per heavy atom. The van der Waals surface area contributed by atoms with E-state index in [0.717, 1.165) is 0 Å². The summed E-state index contributed by atoms with van der Waals surface area (Å²) in [7, 11) is 3.70. The number of carbonyl (C=O) groups excluding carboxylic acids is 1. The van der Waals surface area contributed by atoms with Crippen LogP contribution in [0.15, 0.2) is 0 Å². The fourth-order valence-electron chi connectivity index (χ4n) is 2.20. The van der Waals surface area contributed by atoms with Crippen LogP contribution in [-0.4, -0.2) is 71.6 Å². The van der Waals surface area contributed by atoms with Crippen LogP contribution in [0.1, 0.15) is 12.8 Å². The van der Waals surface area contributed by atoms with Crippen LogP contribution in [0.4, 0.5) is 0 Å². The molecule has 0 aliphatic carbocycles. The van der Waals surface area contributed by atoms with Crippen molar-refractivity contribution in [2.75, 3.05) is 33.7 Å². The molecule has 7 nitrogen and oxygen atoms in total. The van der Waals surface area contributed by atoms with E-state index >= 15 is 0 Å². The number of carboxylic acids is 2. The molecule has 1 aliphatic rings. The first-order valence-corrected chi connectivity index (χ1v) is 6.21. The summed E-state index contributed by atoms with van der Waals surface area (Å²) in [6, 6.07) is 0. The van der Waals surface area contributed by atoms with Crippen molar-refractivity contribution in [3.05, 3.63) is 0 Å². The summed E-state index contributed by atoms with van der Waals surface area (Å²) in [6.45, 7) is 0.890. The van der Waals surface area contributed by atoms with Gasteiger partial charge in [0.05, 0.1) is 11.8 Å². The molecule has 2 unspecified atom stereocenters. The Morgan fingerprint density at radius 1 is 1.16 bits per heavy atom. The molecule has 0 bridgehead atoms. The molecule has 19 heavy (non-hydrogen) atoms. The lowest BCUT2D eigenvalue weighted by atomic mass is 9.85. The van der Waals surface area contributed by atoms with Gasteiger partial charge < -0.3 is 20.0 Å². The normalized spacial score (nSPS) is 23.4. The summed E-state index contributed by atoms with van der Waals surface area (Å²) >= 11 is 0. The molecule has 108 valence electrons. The van der Waals surface area contributed by atoms with Crippen molar-refractivity contribution in [3.8, 4) is 0 Å². The molecular weight excluding hydrogens is 252 g/mol. The van der Waals surface area contributed by atoms with Crippen molar-refractivity contribution >= 4 is 17.8 Å². The van der Waals surface area contributed by atoms with Crippen LogP contribution in [0.25, 0.3) is 0 Å². The zero-order valence-corrected chi connectivity index (χ0v) is 11.2. The van der Waals surface area contributed by atoms with Gasteiger partial charge in [0.25, 0.3) is 0 Å². The largest absolute Gasteiger partial charge is 0.481 e. The number of hydrogen-bond donors (Lipinski definition) is 2. The molecular formula is C12H20N2O5. The maximum absolute atomic E-state index is 11.9. The number of hydrogen-bond acceptors (Lipinski definition) is 4. The third kappa shape index (κ3) is 4.20. The highest BCUT2D eigenvalue weighted by Crippen LogP contribution is 2.24. The number of likely N-dealkylation sites (tertiary alicyclic amines) is 1. The minimum absolute atomic E-state index is 0.0153. The maximum Gasteiger partial charge on any atom is 0.309 e. The first-order valence-electron chi connectivity index (χ1n) is 6.21. The minimum atomic E-state index is -1.16. The Hall–Kier alpha value is -1.63. The lowest BCUT2D eigenvalue weighted by Crippen LogP contribution is -2.49. The number of aliphatic carboxylic acids is 2. The highest BCUT2D eigenvalue weighted by molar-refractivity contribution is 5.82. The third-order valence-corrected chi connectivity index (χ3v) is 3.37. The van der Waals surface area contributed by atoms with Gasteiger partial charge >= 0.3 is 11.9 Å². The van der Waals surface area contributed by atoms with Gasteiger partial charge in [0.15, 0.2) is 0 Å². The van der Waals surface area contributed by atoms with Gasteiger partial charge in [-0.1, -0.05) is 0 Å². The second-order valence-electron chi connectivity index (χ2n) is 5.07. The molecule has 7 heteroatoms. The van der Waals surface area contributed by atoms with Crippen LogP contribution >= 0.6 is 0 Å². The number of rotatable bonds is 5. The van der Waals surface area contributed by atoms with Crippen LogP contribution in [0.3, 0.4) is 0 Å². The Bertz CT molecular complexity index is 369. The Balaban J connectivity index is 2.63. The van der Waals surface area contributed by atoms with E-state index in [4.69, 9.17) is 10.2 Å². The average molecular weight is 272 g/mol. The Labute approximate surface area is 111 Å². The second kappa shape index (κ2) is 6.51. The molecule has 1 saturated heterocycles. The zero-order valence-electron chi connectivity index (χ0n) is 11.2. The third-order valence-electron chi connectivity index (χ3n) is 3.37. The van der Waals surface area contributed by atoms with Gasteiger partial charge in [0.2, 0.25) is 5.91 Å². The van der Waals surface area contributed by atoms with Crippen molar-refractivity contribution in [2.24, 2.45) is 11.8 Å². The van der Waals surface area contributed by atoms with Gasteiger partial charge in [-0.05, 0) is 20.5 Å². The van der Waals surface area contributed by atoms with E-state index in [-0.39, 0.29) is 18.9 Å². The standard InChI is InChI=1S/C12H20N2O5/c1-13(2)5-4-10(15)14-6-3-8(11(16)17)9(7-14)12(18)19/h8-9H,3-7H2,1-2H3,(H,16,17)(H,18,19). The van der Waals surface area contributed by atoms with Gasteiger partial charge in [0, 0.05) is 26.1 Å². The molecule has 2 atom stereocenters. The number of carboxylic acid groups (broad SMARTS) is 2. The fourth-order valence-corrected chi connectivity index (χ4v) is 2.20. The maximum atomic E-state index is 11.9. The predicted octanol–water partition coefficient (Wildman–Crippen LogP) is -0.428. The topological polar surface area (TPSA) is 98.2 Å². The summed E-state index contributed by atoms with van der Waals surface area (Å²) in [5.74, 6) is -4.31. The van der Waals surface area contributed by atoms with E-state index in [1.165, 1.54) is 4.90 Å². The first kappa shape index (κ1) is 15.4. The van der Waals surface area contributed by atoms with Crippen LogP contribution in [-0.2, 0) is 14.4 Å². The van der Waals surface area contributed by atoms with E-state index in [2.05, 4.69) is 0 Å². The number of carbonyl (C=O) groups is 3. The molecule has 1 amide bonds. The molecule has 0 aromatic rings. The van der Waals surface area contributed by atoms with E-state index in [1.54, 1.807) is 0 Å². The van der Waals surface area contributed by atoms with Crippen molar-refractivity contribution in [1.29, 1.82) is 0 Å². The first-order chi connectivity index (χ1) is 8.82. The zero-order chi connectivity index (χ0) is 14.6. The second-order valence-corrected chi connectivity index (χ2v) is 5.07. The molecule has 0 radical (unpaired) electrons. The highest BCUT2D eigenvalue weighted by atomic mass is 16.4. The molecule has 0 spiro atoms. The molecule has 2 N–H and O–H groups in total. The van der Waals surface area contributed by atoms with E-state index < -0.39 is 23.8 Å². The van der Waals surface area contributed by atoms with Gasteiger partial charge in [-0.15, -0.1) is 0 Å². The monoisotopic (exact) mass is 272 g/mol. The molecule has 0 aromatic carbocycles. The van der Waals surface area contributed by atoms with Crippen molar-refractivity contribution in [1.82, 2.24) is 9.80 Å². The van der Waals surface area contributed by atoms with Crippen molar-refractivity contribution < 1.29 is 24.6 Å². The van der Waals surface area contributed by atoms with Gasteiger partial charge in [-0.3, -0.25) is 14.4 Å². The van der Waals surface area contributed by atoms with Crippen LogP contribution in [0, 0.1) is 11.8 Å².